The molecule has 0 fully saturated rings. The smallest absolute Gasteiger partial charge is 0.236 e. The number of fused-ring (bicyclic) bond motifs is 1. The highest BCUT2D eigenvalue weighted by molar-refractivity contribution is 7.89. The minimum Gasteiger partial charge on any atom is -0.236 e. The van der Waals surface area contributed by atoms with Gasteiger partial charge in [0.25, 0.3) is 0 Å². The second-order valence-corrected chi connectivity index (χ2v) is 6.24. The van der Waals surface area contributed by atoms with Crippen molar-refractivity contribution in [2.75, 3.05) is 0 Å². The summed E-state index contributed by atoms with van der Waals surface area (Å²) in [6, 6.07) is 7.74. The van der Waals surface area contributed by atoms with Gasteiger partial charge in [-0.25, -0.2) is 18.1 Å². The molecule has 1 atom stereocenters. The van der Waals surface area contributed by atoms with E-state index >= 15 is 0 Å². The largest absolute Gasteiger partial charge is 0.241 e. The quantitative estimate of drug-likeness (QED) is 0.697. The van der Waals surface area contributed by atoms with E-state index in [1.807, 2.05) is 0 Å². The van der Waals surface area contributed by atoms with Crippen LogP contribution in [0.25, 0.3) is 10.9 Å². The normalized spacial score (nSPS) is 13.4. The van der Waals surface area contributed by atoms with Gasteiger partial charge in [-0.05, 0) is 37.3 Å². The number of hydrogen-bond donors (Lipinski definition) is 1. The van der Waals surface area contributed by atoms with Crippen LogP contribution >= 0.6 is 11.6 Å². The fourth-order valence-electron chi connectivity index (χ4n) is 1.61. The zero-order chi connectivity index (χ0) is 14.0. The van der Waals surface area contributed by atoms with Crippen molar-refractivity contribution in [1.82, 2.24) is 9.71 Å². The van der Waals surface area contributed by atoms with E-state index in [0.717, 1.165) is 5.39 Å². The number of benzene rings is 1. The molecule has 0 spiro atoms. The van der Waals surface area contributed by atoms with Gasteiger partial charge in [-0.1, -0.05) is 17.7 Å². The highest BCUT2D eigenvalue weighted by Crippen LogP contribution is 2.19. The summed E-state index contributed by atoms with van der Waals surface area (Å²) in [5, 5.41) is 1.10. The van der Waals surface area contributed by atoms with Crippen LogP contribution in [0.15, 0.2) is 47.9 Å². The number of nitrogens with one attached hydrogen (secondary N) is 1. The molecule has 0 aliphatic carbocycles. The van der Waals surface area contributed by atoms with E-state index in [9.17, 15) is 8.42 Å². The standard InChI is InChI=1S/C13H13ClN2O2S/c1-3-9(2)16-19(17,18)11-5-6-12-10(8-11)4-7-13(14)15-12/h3-9,16H,1H2,2H3. The Morgan fingerprint density at radius 1 is 1.37 bits per heavy atom. The molecule has 1 heterocycles. The number of nitrogens with zero attached hydrogens (tertiary/aromatic N) is 1. The second-order valence-electron chi connectivity index (χ2n) is 4.13. The van der Waals surface area contributed by atoms with E-state index in [2.05, 4.69) is 16.3 Å². The number of pyridine rings is 1. The average Bonchev–Trinajstić information content (AvgIpc) is 2.37. The molecule has 100 valence electrons. The molecule has 0 radical (unpaired) electrons. The number of hydrogen-bond acceptors (Lipinski definition) is 3. The number of sulfonamides is 1. The molecule has 0 aliphatic heterocycles. The minimum absolute atomic E-state index is 0.192. The van der Waals surface area contributed by atoms with Crippen LogP contribution in [0.1, 0.15) is 6.92 Å². The van der Waals surface area contributed by atoms with E-state index in [0.29, 0.717) is 10.7 Å². The molecule has 19 heavy (non-hydrogen) atoms. The van der Waals surface area contributed by atoms with E-state index in [1.54, 1.807) is 31.2 Å². The lowest BCUT2D eigenvalue weighted by Gasteiger charge is -2.10. The van der Waals surface area contributed by atoms with Crippen LogP contribution in [-0.2, 0) is 10.0 Å². The molecule has 0 saturated heterocycles. The molecule has 1 unspecified atom stereocenters. The first-order chi connectivity index (χ1) is 8.92. The van der Waals surface area contributed by atoms with Crippen LogP contribution in [0.3, 0.4) is 0 Å². The topological polar surface area (TPSA) is 59.1 Å². The number of aromatic nitrogens is 1. The zero-order valence-corrected chi connectivity index (χ0v) is 11.9. The Morgan fingerprint density at radius 3 is 2.79 bits per heavy atom. The van der Waals surface area contributed by atoms with Gasteiger partial charge in [-0.2, -0.15) is 0 Å². The third kappa shape index (κ3) is 3.12. The summed E-state index contributed by atoms with van der Waals surface area (Å²) in [5.41, 5.74) is 0.656. The first-order valence-corrected chi connectivity index (χ1v) is 7.50. The third-order valence-corrected chi connectivity index (χ3v) is 4.40. The van der Waals surface area contributed by atoms with Crippen molar-refractivity contribution in [3.8, 4) is 0 Å². The summed E-state index contributed by atoms with van der Waals surface area (Å²) in [6.45, 7) is 5.26. The maximum absolute atomic E-state index is 12.1. The van der Waals surface area contributed by atoms with Gasteiger partial charge in [0.15, 0.2) is 0 Å². The van der Waals surface area contributed by atoms with Crippen molar-refractivity contribution in [3.05, 3.63) is 48.1 Å². The van der Waals surface area contributed by atoms with Crippen molar-refractivity contribution in [1.29, 1.82) is 0 Å². The number of halogens is 1. The predicted molar refractivity (Wildman–Crippen MR) is 76.7 cm³/mol. The molecule has 2 aromatic rings. The van der Waals surface area contributed by atoms with E-state index in [4.69, 9.17) is 11.6 Å². The lowest BCUT2D eigenvalue weighted by Crippen LogP contribution is -2.30. The molecule has 1 N–H and O–H groups in total. The molecule has 1 aromatic carbocycles. The maximum Gasteiger partial charge on any atom is 0.241 e. The van der Waals surface area contributed by atoms with Crippen molar-refractivity contribution in [2.24, 2.45) is 0 Å². The highest BCUT2D eigenvalue weighted by Gasteiger charge is 2.16. The van der Waals surface area contributed by atoms with E-state index in [-0.39, 0.29) is 10.9 Å². The van der Waals surface area contributed by atoms with Crippen LogP contribution in [0, 0.1) is 0 Å². The molecule has 0 saturated carbocycles. The lowest BCUT2D eigenvalue weighted by atomic mass is 10.2. The Morgan fingerprint density at radius 2 is 2.11 bits per heavy atom. The molecule has 2 rings (SSSR count). The molecular weight excluding hydrogens is 284 g/mol. The Hall–Kier alpha value is -1.43. The highest BCUT2D eigenvalue weighted by atomic mass is 35.5. The molecule has 0 aliphatic rings. The van der Waals surface area contributed by atoms with Crippen LogP contribution in [0.5, 0.6) is 0 Å². The zero-order valence-electron chi connectivity index (χ0n) is 10.3. The summed E-state index contributed by atoms with van der Waals surface area (Å²) in [6.07, 6.45) is 1.53. The summed E-state index contributed by atoms with van der Waals surface area (Å²) in [5.74, 6) is 0. The third-order valence-electron chi connectivity index (χ3n) is 2.63. The summed E-state index contributed by atoms with van der Waals surface area (Å²) in [4.78, 5) is 4.30. The lowest BCUT2D eigenvalue weighted by molar-refractivity contribution is 0.576. The molecule has 1 aromatic heterocycles. The SMILES string of the molecule is C=CC(C)NS(=O)(=O)c1ccc2nc(Cl)ccc2c1. The average molecular weight is 297 g/mol. The van der Waals surface area contributed by atoms with Crippen molar-refractivity contribution in [3.63, 3.8) is 0 Å². The first-order valence-electron chi connectivity index (χ1n) is 5.63. The summed E-state index contributed by atoms with van der Waals surface area (Å²) in [7, 11) is -3.56. The van der Waals surface area contributed by atoms with Crippen molar-refractivity contribution in [2.45, 2.75) is 17.9 Å². The van der Waals surface area contributed by atoms with Gasteiger partial charge in [0.05, 0.1) is 10.4 Å². The summed E-state index contributed by atoms with van der Waals surface area (Å²) < 4.78 is 26.7. The van der Waals surface area contributed by atoms with Crippen LogP contribution < -0.4 is 4.72 Å². The molecule has 0 bridgehead atoms. The molecular formula is C13H13ClN2O2S. The fraction of sp³-hybridized carbons (Fsp3) is 0.154. The second kappa shape index (κ2) is 5.28. The number of rotatable bonds is 4. The minimum atomic E-state index is -3.56. The molecule has 6 heteroatoms. The monoisotopic (exact) mass is 296 g/mol. The van der Waals surface area contributed by atoms with Gasteiger partial charge in [-0.15, -0.1) is 6.58 Å². The summed E-state index contributed by atoms with van der Waals surface area (Å²) >= 11 is 5.78. The van der Waals surface area contributed by atoms with Crippen LogP contribution in [0.2, 0.25) is 5.15 Å². The maximum atomic E-state index is 12.1. The fourth-order valence-corrected chi connectivity index (χ4v) is 3.01. The Labute approximate surface area is 117 Å². The van der Waals surface area contributed by atoms with Crippen molar-refractivity contribution >= 4 is 32.5 Å². The molecule has 4 nitrogen and oxygen atoms in total. The van der Waals surface area contributed by atoms with Gasteiger partial charge in [0.1, 0.15) is 5.15 Å². The van der Waals surface area contributed by atoms with Crippen molar-refractivity contribution < 1.29 is 8.42 Å². The molecule has 0 amide bonds. The Balaban J connectivity index is 2.46. The van der Waals surface area contributed by atoms with Gasteiger partial charge in [-0.3, -0.25) is 0 Å². The van der Waals surface area contributed by atoms with Crippen LogP contribution in [-0.4, -0.2) is 19.4 Å². The van der Waals surface area contributed by atoms with Gasteiger partial charge in [0, 0.05) is 11.4 Å². The first kappa shape index (κ1) is 14.0. The van der Waals surface area contributed by atoms with Gasteiger partial charge in [0.2, 0.25) is 10.0 Å². The van der Waals surface area contributed by atoms with E-state index < -0.39 is 10.0 Å². The van der Waals surface area contributed by atoms with E-state index in [1.165, 1.54) is 12.1 Å². The van der Waals surface area contributed by atoms with Gasteiger partial charge < -0.3 is 0 Å². The Kier molecular flexibility index (Phi) is 3.89. The Bertz CT molecular complexity index is 729. The van der Waals surface area contributed by atoms with Gasteiger partial charge >= 0.3 is 0 Å². The predicted octanol–water partition coefficient (Wildman–Crippen LogP) is 2.74. The van der Waals surface area contributed by atoms with Crippen LogP contribution in [0.4, 0.5) is 0 Å².